The summed E-state index contributed by atoms with van der Waals surface area (Å²) in [5.41, 5.74) is 0. The van der Waals surface area contributed by atoms with Crippen LogP contribution in [0.15, 0.2) is 0 Å². The molecule has 18 heavy (non-hydrogen) atoms. The SMILES string of the molecule is COC(=O)CC1CN(C(=O)C(C)C(=O)O)CCO1. The minimum Gasteiger partial charge on any atom is -0.481 e. The monoisotopic (exact) mass is 259 g/mol. The lowest BCUT2D eigenvalue weighted by atomic mass is 10.1. The number of amides is 1. The van der Waals surface area contributed by atoms with E-state index < -0.39 is 29.9 Å². The average molecular weight is 259 g/mol. The number of carboxylic acid groups (broad SMARTS) is 1. The van der Waals surface area contributed by atoms with E-state index in [0.29, 0.717) is 13.2 Å². The molecule has 1 N–H and O–H groups in total. The largest absolute Gasteiger partial charge is 0.481 e. The van der Waals surface area contributed by atoms with Gasteiger partial charge in [-0.2, -0.15) is 0 Å². The lowest BCUT2D eigenvalue weighted by Crippen LogP contribution is -2.49. The van der Waals surface area contributed by atoms with Gasteiger partial charge >= 0.3 is 11.9 Å². The summed E-state index contributed by atoms with van der Waals surface area (Å²) in [6.45, 7) is 2.19. The molecule has 102 valence electrons. The van der Waals surface area contributed by atoms with Crippen LogP contribution in [0.5, 0.6) is 0 Å². The molecule has 7 nitrogen and oxygen atoms in total. The van der Waals surface area contributed by atoms with Crippen molar-refractivity contribution in [2.24, 2.45) is 5.92 Å². The number of ether oxygens (including phenoxy) is 2. The van der Waals surface area contributed by atoms with Gasteiger partial charge < -0.3 is 19.5 Å². The molecule has 7 heteroatoms. The minimum atomic E-state index is -1.16. The zero-order valence-electron chi connectivity index (χ0n) is 10.4. The second-order valence-electron chi connectivity index (χ2n) is 4.12. The zero-order chi connectivity index (χ0) is 13.7. The molecule has 1 aliphatic rings. The van der Waals surface area contributed by atoms with Crippen molar-refractivity contribution in [1.29, 1.82) is 0 Å². The number of esters is 1. The van der Waals surface area contributed by atoms with Crippen molar-refractivity contribution in [3.8, 4) is 0 Å². The predicted molar refractivity (Wildman–Crippen MR) is 59.8 cm³/mol. The highest BCUT2D eigenvalue weighted by molar-refractivity contribution is 5.96. The molecule has 1 fully saturated rings. The van der Waals surface area contributed by atoms with Crippen LogP contribution in [0.3, 0.4) is 0 Å². The second kappa shape index (κ2) is 6.34. The molecule has 0 aromatic carbocycles. The lowest BCUT2D eigenvalue weighted by molar-refractivity contribution is -0.157. The normalized spacial score (nSPS) is 21.2. The van der Waals surface area contributed by atoms with Gasteiger partial charge in [-0.3, -0.25) is 14.4 Å². The molecule has 0 bridgehead atoms. The van der Waals surface area contributed by atoms with E-state index in [2.05, 4.69) is 4.74 Å². The molecular formula is C11H17NO6. The third-order valence-electron chi connectivity index (χ3n) is 2.81. The standard InChI is InChI=1S/C11H17NO6/c1-7(11(15)16)10(14)12-3-4-18-8(6-12)5-9(13)17-2/h7-8H,3-6H2,1-2H3,(H,15,16). The molecule has 2 atom stereocenters. The highest BCUT2D eigenvalue weighted by atomic mass is 16.5. The molecule has 0 aliphatic carbocycles. The summed E-state index contributed by atoms with van der Waals surface area (Å²) >= 11 is 0. The molecule has 0 aromatic rings. The van der Waals surface area contributed by atoms with E-state index >= 15 is 0 Å². The summed E-state index contributed by atoms with van der Waals surface area (Å²) in [7, 11) is 1.28. The smallest absolute Gasteiger partial charge is 0.315 e. The number of carbonyl (C=O) groups excluding carboxylic acids is 2. The van der Waals surface area contributed by atoms with E-state index in [-0.39, 0.29) is 13.0 Å². The Kier molecular flexibility index (Phi) is 5.08. The molecule has 1 amide bonds. The number of aliphatic carboxylic acids is 1. The van der Waals surface area contributed by atoms with E-state index in [4.69, 9.17) is 9.84 Å². The first-order chi connectivity index (χ1) is 8.45. The van der Waals surface area contributed by atoms with Crippen molar-refractivity contribution in [3.63, 3.8) is 0 Å². The van der Waals surface area contributed by atoms with E-state index in [1.54, 1.807) is 0 Å². The minimum absolute atomic E-state index is 0.0573. The van der Waals surface area contributed by atoms with Crippen molar-refractivity contribution in [2.45, 2.75) is 19.4 Å². The number of hydrogen-bond donors (Lipinski definition) is 1. The summed E-state index contributed by atoms with van der Waals surface area (Å²) in [5, 5.41) is 8.78. The third-order valence-corrected chi connectivity index (χ3v) is 2.81. The highest BCUT2D eigenvalue weighted by Crippen LogP contribution is 2.12. The Bertz CT molecular complexity index is 342. The fourth-order valence-electron chi connectivity index (χ4n) is 1.69. The van der Waals surface area contributed by atoms with Crippen molar-refractivity contribution in [3.05, 3.63) is 0 Å². The Balaban J connectivity index is 2.55. The summed E-state index contributed by atoms with van der Waals surface area (Å²) in [4.78, 5) is 35.1. The van der Waals surface area contributed by atoms with Crippen LogP contribution in [0.4, 0.5) is 0 Å². The van der Waals surface area contributed by atoms with Gasteiger partial charge in [0.15, 0.2) is 0 Å². The number of carboxylic acids is 1. The number of rotatable bonds is 4. The van der Waals surface area contributed by atoms with Gasteiger partial charge in [0.05, 0.1) is 26.2 Å². The summed E-state index contributed by atoms with van der Waals surface area (Å²) in [5.74, 6) is -3.11. The maximum absolute atomic E-state index is 11.8. The van der Waals surface area contributed by atoms with E-state index in [9.17, 15) is 14.4 Å². The van der Waals surface area contributed by atoms with Gasteiger partial charge in [-0.05, 0) is 6.92 Å². The summed E-state index contributed by atoms with van der Waals surface area (Å²) in [6.07, 6.45) is -0.377. The fourth-order valence-corrected chi connectivity index (χ4v) is 1.69. The molecule has 0 spiro atoms. The lowest BCUT2D eigenvalue weighted by Gasteiger charge is -2.33. The van der Waals surface area contributed by atoms with Gasteiger partial charge in [0.2, 0.25) is 5.91 Å². The van der Waals surface area contributed by atoms with Gasteiger partial charge in [0.1, 0.15) is 5.92 Å². The Morgan fingerprint density at radius 3 is 2.72 bits per heavy atom. The summed E-state index contributed by atoms with van der Waals surface area (Å²) in [6, 6.07) is 0. The van der Waals surface area contributed by atoms with Gasteiger partial charge in [-0.25, -0.2) is 0 Å². The maximum Gasteiger partial charge on any atom is 0.315 e. The molecule has 2 unspecified atom stereocenters. The van der Waals surface area contributed by atoms with E-state index in [0.717, 1.165) is 0 Å². The predicted octanol–water partition coefficient (Wildman–Crippen LogP) is -0.502. The van der Waals surface area contributed by atoms with E-state index in [1.807, 2.05) is 0 Å². The first-order valence-electron chi connectivity index (χ1n) is 5.65. The van der Waals surface area contributed by atoms with Crippen LogP contribution in [0.25, 0.3) is 0 Å². The number of methoxy groups -OCH3 is 1. The third kappa shape index (κ3) is 3.69. The fraction of sp³-hybridized carbons (Fsp3) is 0.727. The molecule has 0 aromatic heterocycles. The Morgan fingerprint density at radius 2 is 2.17 bits per heavy atom. The van der Waals surface area contributed by atoms with Crippen molar-refractivity contribution in [1.82, 2.24) is 4.90 Å². The van der Waals surface area contributed by atoms with Crippen molar-refractivity contribution < 1.29 is 29.0 Å². The number of hydrogen-bond acceptors (Lipinski definition) is 5. The number of morpholine rings is 1. The highest BCUT2D eigenvalue weighted by Gasteiger charge is 2.31. The molecular weight excluding hydrogens is 242 g/mol. The van der Waals surface area contributed by atoms with Crippen LogP contribution in [0.1, 0.15) is 13.3 Å². The van der Waals surface area contributed by atoms with Crippen LogP contribution in [0, 0.1) is 5.92 Å². The molecule has 1 aliphatic heterocycles. The Morgan fingerprint density at radius 1 is 1.50 bits per heavy atom. The van der Waals surface area contributed by atoms with Crippen molar-refractivity contribution in [2.75, 3.05) is 26.8 Å². The van der Waals surface area contributed by atoms with Crippen LogP contribution in [-0.2, 0) is 23.9 Å². The van der Waals surface area contributed by atoms with Gasteiger partial charge in [0.25, 0.3) is 0 Å². The van der Waals surface area contributed by atoms with Crippen LogP contribution in [0.2, 0.25) is 0 Å². The quantitative estimate of drug-likeness (QED) is 0.540. The van der Waals surface area contributed by atoms with Crippen LogP contribution < -0.4 is 0 Å². The molecule has 0 saturated carbocycles. The molecule has 1 heterocycles. The van der Waals surface area contributed by atoms with Crippen LogP contribution >= 0.6 is 0 Å². The van der Waals surface area contributed by atoms with Gasteiger partial charge in [-0.1, -0.05) is 0 Å². The average Bonchev–Trinajstić information content (AvgIpc) is 2.37. The van der Waals surface area contributed by atoms with E-state index in [1.165, 1.54) is 18.9 Å². The first kappa shape index (κ1) is 14.4. The molecule has 1 saturated heterocycles. The number of carbonyl (C=O) groups is 3. The Hall–Kier alpha value is -1.63. The molecule has 0 radical (unpaired) electrons. The first-order valence-corrected chi connectivity index (χ1v) is 5.65. The van der Waals surface area contributed by atoms with Crippen LogP contribution in [-0.4, -0.2) is 60.8 Å². The maximum atomic E-state index is 11.8. The van der Waals surface area contributed by atoms with Crippen molar-refractivity contribution >= 4 is 17.8 Å². The number of nitrogens with zero attached hydrogens (tertiary/aromatic N) is 1. The topological polar surface area (TPSA) is 93.1 Å². The Labute approximate surface area is 105 Å². The van der Waals surface area contributed by atoms with Gasteiger partial charge in [0, 0.05) is 13.1 Å². The van der Waals surface area contributed by atoms with Gasteiger partial charge in [-0.15, -0.1) is 0 Å². The second-order valence-corrected chi connectivity index (χ2v) is 4.12. The zero-order valence-corrected chi connectivity index (χ0v) is 10.4. The summed E-state index contributed by atoms with van der Waals surface area (Å²) < 4.78 is 9.85. The molecule has 1 rings (SSSR count).